The topological polar surface area (TPSA) is 298 Å². The Morgan fingerprint density at radius 1 is 0.935 bits per heavy atom. The van der Waals surface area contributed by atoms with Crippen LogP contribution in [0.25, 0.3) is 11.1 Å². The number of rotatable bonds is 11. The second-order valence-corrected chi connectivity index (χ2v) is 11.1. The number of phenols is 2. The van der Waals surface area contributed by atoms with E-state index in [0.29, 0.717) is 23.1 Å². The molecule has 250 valence electrons. The number of primary amides is 1. The van der Waals surface area contributed by atoms with E-state index in [1.807, 2.05) is 0 Å². The zero-order chi connectivity index (χ0) is 34.0. The Bertz CT molecular complexity index is 1440. The molecule has 16 heteroatoms. The first-order valence-corrected chi connectivity index (χ1v) is 14.8. The summed E-state index contributed by atoms with van der Waals surface area (Å²) in [5, 5.41) is 40.9. The van der Waals surface area contributed by atoms with Gasteiger partial charge in [-0.1, -0.05) is 12.1 Å². The monoisotopic (exact) mass is 642 g/mol. The molecule has 3 rings (SSSR count). The molecular weight excluding hydrogens is 600 g/mol. The van der Waals surface area contributed by atoms with Crippen LogP contribution in [-0.2, 0) is 36.8 Å². The highest BCUT2D eigenvalue weighted by Gasteiger charge is 2.32. The summed E-state index contributed by atoms with van der Waals surface area (Å²) in [6.07, 6.45) is -1.61. The first kappa shape index (κ1) is 35.7. The Morgan fingerprint density at radius 2 is 1.54 bits per heavy atom. The molecule has 16 nitrogen and oxygen atoms in total. The number of nitrogens with one attached hydrogen (secondary N) is 4. The van der Waals surface area contributed by atoms with E-state index >= 15 is 0 Å². The standard InChI is InChI=1S/C30H42N8O8/c31-7-1-2-21-29(45)37-22(30(46)38-23(12-26(34)42)28(44)35-14-19(39)13-32)11-18-9-16(4-6-25(18)41)15-3-5-24(40)17(8-15)10-20(33)27(43)36-21/h3-6,8-9,19-23,39-41H,1-2,7,10-14,31-33H2,(H2,34,42)(H,35,44)(H,36,43)(H,37,45)(H,38,46)/t19?,20-,21-,22-,23-/m0/s1. The van der Waals surface area contributed by atoms with E-state index in [-0.39, 0.29) is 56.0 Å². The smallest absolute Gasteiger partial charge is 0.243 e. The van der Waals surface area contributed by atoms with E-state index in [0.717, 1.165) is 0 Å². The van der Waals surface area contributed by atoms with Crippen LogP contribution < -0.4 is 44.2 Å². The Kier molecular flexibility index (Phi) is 12.8. The molecule has 1 heterocycles. The summed E-state index contributed by atoms with van der Waals surface area (Å²) < 4.78 is 0. The van der Waals surface area contributed by atoms with Crippen LogP contribution in [0.1, 0.15) is 30.4 Å². The number of fused-ring (bicyclic) bond motifs is 5. The number of phenolic OH excluding ortho intramolecular Hbond substituents is 2. The highest BCUT2D eigenvalue weighted by molar-refractivity contribution is 5.96. The molecule has 0 radical (unpaired) electrons. The first-order valence-electron chi connectivity index (χ1n) is 14.8. The van der Waals surface area contributed by atoms with Gasteiger partial charge in [-0.3, -0.25) is 24.0 Å². The minimum absolute atomic E-state index is 0.0572. The van der Waals surface area contributed by atoms with E-state index in [9.17, 15) is 39.3 Å². The molecule has 0 spiro atoms. The van der Waals surface area contributed by atoms with Gasteiger partial charge in [0.25, 0.3) is 0 Å². The quantitative estimate of drug-likeness (QED) is 0.115. The van der Waals surface area contributed by atoms with E-state index in [4.69, 9.17) is 22.9 Å². The summed E-state index contributed by atoms with van der Waals surface area (Å²) in [4.78, 5) is 64.9. The first-order chi connectivity index (χ1) is 21.8. The number of nitrogens with two attached hydrogens (primary N) is 4. The van der Waals surface area contributed by atoms with Gasteiger partial charge in [-0.15, -0.1) is 0 Å². The van der Waals surface area contributed by atoms with Crippen molar-refractivity contribution in [3.8, 4) is 22.6 Å². The van der Waals surface area contributed by atoms with Crippen molar-refractivity contribution >= 4 is 29.5 Å². The van der Waals surface area contributed by atoms with Gasteiger partial charge in [-0.2, -0.15) is 0 Å². The molecule has 4 bridgehead atoms. The minimum Gasteiger partial charge on any atom is -0.508 e. The van der Waals surface area contributed by atoms with Crippen LogP contribution in [-0.4, -0.2) is 94.8 Å². The lowest BCUT2D eigenvalue weighted by Crippen LogP contribution is -2.59. The van der Waals surface area contributed by atoms with Gasteiger partial charge in [0.05, 0.1) is 18.6 Å². The predicted octanol–water partition coefficient (Wildman–Crippen LogP) is -3.30. The fourth-order valence-electron chi connectivity index (χ4n) is 4.87. The normalized spacial score (nSPS) is 19.8. The average molecular weight is 643 g/mol. The third-order valence-electron chi connectivity index (χ3n) is 7.48. The van der Waals surface area contributed by atoms with Gasteiger partial charge in [0.15, 0.2) is 0 Å². The van der Waals surface area contributed by atoms with E-state index in [1.54, 1.807) is 24.3 Å². The average Bonchev–Trinajstić information content (AvgIpc) is 3.02. The van der Waals surface area contributed by atoms with Gasteiger partial charge in [-0.05, 0) is 65.9 Å². The zero-order valence-electron chi connectivity index (χ0n) is 25.2. The fraction of sp³-hybridized carbons (Fsp3) is 0.433. The molecule has 5 amide bonds. The lowest BCUT2D eigenvalue weighted by Gasteiger charge is -2.26. The lowest BCUT2D eigenvalue weighted by atomic mass is 9.95. The lowest BCUT2D eigenvalue weighted by molar-refractivity contribution is -0.134. The Morgan fingerprint density at radius 3 is 2.11 bits per heavy atom. The summed E-state index contributed by atoms with van der Waals surface area (Å²) in [5.41, 5.74) is 24.3. The number of carbonyl (C=O) groups is 5. The van der Waals surface area contributed by atoms with Crippen LogP contribution in [0.5, 0.6) is 11.5 Å². The summed E-state index contributed by atoms with van der Waals surface area (Å²) >= 11 is 0. The Labute approximate surface area is 265 Å². The molecule has 1 aliphatic rings. The molecular formula is C30H42N8O8. The van der Waals surface area contributed by atoms with Crippen LogP contribution >= 0.6 is 0 Å². The maximum absolute atomic E-state index is 13.7. The number of hydrogen-bond donors (Lipinski definition) is 11. The largest absolute Gasteiger partial charge is 0.508 e. The van der Waals surface area contributed by atoms with Gasteiger partial charge < -0.3 is 59.5 Å². The van der Waals surface area contributed by atoms with Crippen molar-refractivity contribution in [3.63, 3.8) is 0 Å². The molecule has 46 heavy (non-hydrogen) atoms. The number of amides is 5. The van der Waals surface area contributed by atoms with Crippen molar-refractivity contribution < 1.29 is 39.3 Å². The highest BCUT2D eigenvalue weighted by Crippen LogP contribution is 2.31. The van der Waals surface area contributed by atoms with E-state index in [2.05, 4.69) is 21.3 Å². The molecule has 2 aromatic rings. The highest BCUT2D eigenvalue weighted by atomic mass is 16.3. The van der Waals surface area contributed by atoms with Crippen molar-refractivity contribution in [2.75, 3.05) is 19.6 Å². The van der Waals surface area contributed by atoms with Gasteiger partial charge in [0.2, 0.25) is 29.5 Å². The van der Waals surface area contributed by atoms with Crippen molar-refractivity contribution in [3.05, 3.63) is 47.5 Å². The van der Waals surface area contributed by atoms with Crippen LogP contribution in [0.15, 0.2) is 36.4 Å². The van der Waals surface area contributed by atoms with Gasteiger partial charge in [-0.25, -0.2) is 0 Å². The number of aliphatic hydroxyl groups is 1. The number of carbonyl (C=O) groups excluding carboxylic acids is 5. The Balaban J connectivity index is 2.05. The molecule has 0 fully saturated rings. The van der Waals surface area contributed by atoms with Crippen LogP contribution in [0.2, 0.25) is 0 Å². The molecule has 0 saturated heterocycles. The van der Waals surface area contributed by atoms with Crippen LogP contribution in [0.4, 0.5) is 0 Å². The second-order valence-electron chi connectivity index (χ2n) is 11.1. The SMILES string of the molecule is NCCC[C@@H]1NC(=O)[C@@H](N)Cc2cc(ccc2O)-c2ccc(O)c(c2)C[C@@H](C(=O)N[C@@H](CC(N)=O)C(=O)NCC(O)CN)NC1=O. The summed E-state index contributed by atoms with van der Waals surface area (Å²) in [6, 6.07) is 4.08. The fourth-order valence-corrected chi connectivity index (χ4v) is 4.87. The Hall–Kier alpha value is -4.77. The zero-order valence-corrected chi connectivity index (χ0v) is 25.2. The molecule has 1 aliphatic heterocycles. The maximum atomic E-state index is 13.7. The van der Waals surface area contributed by atoms with Crippen molar-refractivity contribution in [2.24, 2.45) is 22.9 Å². The van der Waals surface area contributed by atoms with E-state index in [1.165, 1.54) is 12.1 Å². The van der Waals surface area contributed by atoms with Crippen LogP contribution in [0.3, 0.4) is 0 Å². The van der Waals surface area contributed by atoms with Gasteiger partial charge >= 0.3 is 0 Å². The molecule has 0 aliphatic carbocycles. The minimum atomic E-state index is -1.48. The van der Waals surface area contributed by atoms with Gasteiger partial charge in [0, 0.05) is 25.9 Å². The van der Waals surface area contributed by atoms with Crippen molar-refractivity contribution in [1.82, 2.24) is 21.3 Å². The third-order valence-corrected chi connectivity index (χ3v) is 7.48. The summed E-state index contributed by atoms with van der Waals surface area (Å²) in [7, 11) is 0. The second kappa shape index (κ2) is 16.5. The summed E-state index contributed by atoms with van der Waals surface area (Å²) in [5.74, 6) is -4.40. The van der Waals surface area contributed by atoms with Gasteiger partial charge in [0.1, 0.15) is 29.6 Å². The van der Waals surface area contributed by atoms with E-state index < -0.39 is 66.2 Å². The molecule has 5 atom stereocenters. The van der Waals surface area contributed by atoms with Crippen LogP contribution in [0, 0.1) is 0 Å². The molecule has 0 saturated carbocycles. The molecule has 15 N–H and O–H groups in total. The predicted molar refractivity (Wildman–Crippen MR) is 167 cm³/mol. The number of hydrogen-bond acceptors (Lipinski definition) is 11. The number of aliphatic hydroxyl groups excluding tert-OH is 1. The number of benzene rings is 2. The third kappa shape index (κ3) is 9.87. The number of aromatic hydroxyl groups is 2. The maximum Gasteiger partial charge on any atom is 0.243 e. The molecule has 1 unspecified atom stereocenters. The molecule has 2 aromatic carbocycles. The summed E-state index contributed by atoms with van der Waals surface area (Å²) in [6.45, 7) is -0.216. The van der Waals surface area contributed by atoms with Crippen molar-refractivity contribution in [2.45, 2.75) is 62.4 Å². The molecule has 0 aromatic heterocycles. The van der Waals surface area contributed by atoms with Crippen molar-refractivity contribution in [1.29, 1.82) is 0 Å².